The highest BCUT2D eigenvalue weighted by atomic mass is 19.3. The van der Waals surface area contributed by atoms with E-state index in [1.54, 1.807) is 10.7 Å². The zero-order valence-electron chi connectivity index (χ0n) is 22.6. The van der Waals surface area contributed by atoms with Gasteiger partial charge in [-0.25, -0.2) is 9.67 Å². The maximum atomic E-state index is 13.5. The molecular formula is C28H27F2N9O3. The van der Waals surface area contributed by atoms with E-state index in [0.717, 1.165) is 28.6 Å². The predicted molar refractivity (Wildman–Crippen MR) is 153 cm³/mol. The third-order valence-electron chi connectivity index (χ3n) is 6.81. The lowest BCUT2D eigenvalue weighted by atomic mass is 10.0. The fraction of sp³-hybridized carbons (Fsp3) is 0.250. The normalized spacial score (nSPS) is 14.3. The number of nitrogens with one attached hydrogen (secondary N) is 2. The molecule has 0 spiro atoms. The molecule has 6 rings (SSSR count). The van der Waals surface area contributed by atoms with E-state index in [-0.39, 0.29) is 29.0 Å². The summed E-state index contributed by atoms with van der Waals surface area (Å²) in [5.41, 5.74) is 4.28. The number of carbonyl (C=O) groups is 1. The number of nitrogens with zero attached hydrogens (tertiary/aromatic N) is 7. The monoisotopic (exact) mass is 575 g/mol. The Bertz CT molecular complexity index is 1640. The van der Waals surface area contributed by atoms with E-state index in [2.05, 4.69) is 37.1 Å². The van der Waals surface area contributed by atoms with Crippen molar-refractivity contribution >= 4 is 34.7 Å². The van der Waals surface area contributed by atoms with Crippen molar-refractivity contribution in [3.8, 4) is 23.0 Å². The van der Waals surface area contributed by atoms with E-state index in [0.29, 0.717) is 38.7 Å². The molecule has 2 aliphatic heterocycles. The Hall–Kier alpha value is -5.11. The standard InChI is InChI=1S/C28H27F2N9O3/c1-3-23(40)32-19-14-20(26(42-27(29)30)35-25(19)38-10-12-41-13-11-38)33-28-31-9-8-22(34-28)39-16-17-15-37(2)21-7-5-4-6-18(21)24(17)36-39/h3-9,14,16,27H,1,10-13,15H2,2H3,(H,32,40)(H,31,33,34). The average molecular weight is 576 g/mol. The number of ether oxygens (including phenoxy) is 2. The van der Waals surface area contributed by atoms with Crippen molar-refractivity contribution in [2.75, 3.05) is 53.8 Å². The molecule has 0 aliphatic carbocycles. The molecule has 1 aromatic carbocycles. The second-order valence-corrected chi connectivity index (χ2v) is 9.57. The number of aromatic nitrogens is 5. The van der Waals surface area contributed by atoms with Crippen LogP contribution >= 0.6 is 0 Å². The number of benzene rings is 1. The molecule has 4 aromatic rings. The molecule has 216 valence electrons. The van der Waals surface area contributed by atoms with Crippen molar-refractivity contribution in [1.29, 1.82) is 0 Å². The van der Waals surface area contributed by atoms with E-state index in [1.807, 2.05) is 42.4 Å². The largest absolute Gasteiger partial charge is 0.415 e. The number of fused-ring (bicyclic) bond motifs is 3. The number of morpholine rings is 1. The van der Waals surface area contributed by atoms with Crippen LogP contribution in [0.2, 0.25) is 0 Å². The van der Waals surface area contributed by atoms with Gasteiger partial charge in [0, 0.05) is 62.0 Å². The minimum absolute atomic E-state index is 0.0270. The molecule has 2 N–H and O–H groups in total. The van der Waals surface area contributed by atoms with E-state index in [1.165, 1.54) is 12.3 Å². The summed E-state index contributed by atoms with van der Waals surface area (Å²) in [6.45, 7) is 2.75. The van der Waals surface area contributed by atoms with Crippen LogP contribution in [0.4, 0.5) is 37.6 Å². The summed E-state index contributed by atoms with van der Waals surface area (Å²) in [4.78, 5) is 29.4. The molecule has 12 nitrogen and oxygen atoms in total. The van der Waals surface area contributed by atoms with Gasteiger partial charge in [0.15, 0.2) is 11.6 Å². The Morgan fingerprint density at radius 1 is 1.17 bits per heavy atom. The van der Waals surface area contributed by atoms with E-state index >= 15 is 0 Å². The van der Waals surface area contributed by atoms with E-state index < -0.39 is 12.5 Å². The minimum Gasteiger partial charge on any atom is -0.415 e. The second-order valence-electron chi connectivity index (χ2n) is 9.57. The van der Waals surface area contributed by atoms with Gasteiger partial charge >= 0.3 is 6.61 Å². The molecule has 0 atom stereocenters. The van der Waals surface area contributed by atoms with Crippen LogP contribution in [0.25, 0.3) is 17.1 Å². The molecule has 1 amide bonds. The number of alkyl halides is 2. The summed E-state index contributed by atoms with van der Waals surface area (Å²) in [5, 5.41) is 10.4. The number of anilines is 5. The Kier molecular flexibility index (Phi) is 7.35. The number of para-hydroxylation sites is 1. The molecule has 0 unspecified atom stereocenters. The van der Waals surface area contributed by atoms with Crippen LogP contribution < -0.4 is 25.2 Å². The fourth-order valence-corrected chi connectivity index (χ4v) is 4.92. The lowest BCUT2D eigenvalue weighted by Gasteiger charge is -2.30. The molecular weight excluding hydrogens is 548 g/mol. The van der Waals surface area contributed by atoms with E-state index in [9.17, 15) is 13.6 Å². The van der Waals surface area contributed by atoms with Crippen molar-refractivity contribution in [3.05, 3.63) is 67.0 Å². The van der Waals surface area contributed by atoms with Crippen molar-refractivity contribution in [3.63, 3.8) is 0 Å². The SMILES string of the molecule is C=CC(=O)Nc1cc(Nc2nccc(-n3cc4c(n3)-c3ccccc3N(C)C4)n2)c(OC(F)F)nc1N1CCOCC1. The molecule has 3 aromatic heterocycles. The first kappa shape index (κ1) is 27.1. The first-order chi connectivity index (χ1) is 20.4. The highest BCUT2D eigenvalue weighted by Crippen LogP contribution is 2.38. The maximum Gasteiger partial charge on any atom is 0.388 e. The molecule has 1 fully saturated rings. The Morgan fingerprint density at radius 3 is 2.76 bits per heavy atom. The van der Waals surface area contributed by atoms with Gasteiger partial charge in [0.2, 0.25) is 17.7 Å². The lowest BCUT2D eigenvalue weighted by Crippen LogP contribution is -2.37. The smallest absolute Gasteiger partial charge is 0.388 e. The van der Waals surface area contributed by atoms with Crippen LogP contribution in [0.3, 0.4) is 0 Å². The van der Waals surface area contributed by atoms with Gasteiger partial charge < -0.3 is 29.9 Å². The number of amides is 1. The molecule has 2 aliphatic rings. The van der Waals surface area contributed by atoms with Gasteiger partial charge in [0.05, 0.1) is 24.6 Å². The topological polar surface area (TPSA) is 123 Å². The average Bonchev–Trinajstić information content (AvgIpc) is 3.43. The third-order valence-corrected chi connectivity index (χ3v) is 6.81. The molecule has 0 bridgehead atoms. The summed E-state index contributed by atoms with van der Waals surface area (Å²) < 4.78 is 38.7. The van der Waals surface area contributed by atoms with Crippen molar-refractivity contribution in [1.82, 2.24) is 24.7 Å². The summed E-state index contributed by atoms with van der Waals surface area (Å²) in [6, 6.07) is 11.2. The first-order valence-corrected chi connectivity index (χ1v) is 13.1. The van der Waals surface area contributed by atoms with Crippen LogP contribution in [0.15, 0.2) is 61.4 Å². The zero-order chi connectivity index (χ0) is 29.2. The van der Waals surface area contributed by atoms with Gasteiger partial charge in [0.25, 0.3) is 0 Å². The van der Waals surface area contributed by atoms with Gasteiger partial charge in [-0.1, -0.05) is 24.8 Å². The maximum absolute atomic E-state index is 13.5. The third kappa shape index (κ3) is 5.43. The molecule has 5 heterocycles. The summed E-state index contributed by atoms with van der Waals surface area (Å²) in [7, 11) is 2.02. The first-order valence-electron chi connectivity index (χ1n) is 13.1. The number of carbonyl (C=O) groups excluding carboxylic acids is 1. The Morgan fingerprint density at radius 2 is 1.98 bits per heavy atom. The van der Waals surface area contributed by atoms with Crippen molar-refractivity contribution < 1.29 is 23.0 Å². The fourth-order valence-electron chi connectivity index (χ4n) is 4.92. The van der Waals surface area contributed by atoms with Gasteiger partial charge in [-0.2, -0.15) is 23.8 Å². The minimum atomic E-state index is -3.15. The van der Waals surface area contributed by atoms with Crippen molar-refractivity contribution in [2.45, 2.75) is 13.2 Å². The van der Waals surface area contributed by atoms with E-state index in [4.69, 9.17) is 14.6 Å². The van der Waals surface area contributed by atoms with Gasteiger partial charge in [-0.15, -0.1) is 0 Å². The summed E-state index contributed by atoms with van der Waals surface area (Å²) in [5.74, 6) is -0.0769. The summed E-state index contributed by atoms with van der Waals surface area (Å²) >= 11 is 0. The van der Waals surface area contributed by atoms with Gasteiger partial charge in [-0.3, -0.25) is 4.79 Å². The Balaban J connectivity index is 1.35. The molecule has 1 saturated heterocycles. The van der Waals surface area contributed by atoms with Gasteiger partial charge in [-0.05, 0) is 18.2 Å². The number of hydrogen-bond donors (Lipinski definition) is 2. The predicted octanol–water partition coefficient (Wildman–Crippen LogP) is 3.98. The molecule has 14 heteroatoms. The van der Waals surface area contributed by atoms with Gasteiger partial charge in [0.1, 0.15) is 5.69 Å². The highest BCUT2D eigenvalue weighted by Gasteiger charge is 2.25. The number of rotatable bonds is 8. The molecule has 0 saturated carbocycles. The molecule has 42 heavy (non-hydrogen) atoms. The number of pyridine rings is 1. The number of hydrogen-bond acceptors (Lipinski definition) is 10. The lowest BCUT2D eigenvalue weighted by molar-refractivity contribution is -0.111. The van der Waals surface area contributed by atoms with Crippen LogP contribution in [-0.4, -0.2) is 70.6 Å². The Labute approximate surface area is 239 Å². The zero-order valence-corrected chi connectivity index (χ0v) is 22.6. The van der Waals surface area contributed by atoms with Crippen molar-refractivity contribution in [2.24, 2.45) is 0 Å². The van der Waals surface area contributed by atoms with Crippen LogP contribution in [-0.2, 0) is 16.1 Å². The molecule has 0 radical (unpaired) electrons. The summed E-state index contributed by atoms with van der Waals surface area (Å²) in [6.07, 6.45) is 4.53. The number of halogens is 2. The quantitative estimate of drug-likeness (QED) is 0.298. The second kappa shape index (κ2) is 11.4. The van der Waals surface area contributed by atoms with Crippen LogP contribution in [0.5, 0.6) is 5.88 Å². The highest BCUT2D eigenvalue weighted by molar-refractivity contribution is 6.01. The van der Waals surface area contributed by atoms with Crippen LogP contribution in [0.1, 0.15) is 5.56 Å². The van der Waals surface area contributed by atoms with Crippen LogP contribution in [0, 0.1) is 0 Å².